The van der Waals surface area contributed by atoms with E-state index in [1.807, 2.05) is 13.8 Å². The van der Waals surface area contributed by atoms with Crippen LogP contribution < -0.4 is 5.32 Å². The summed E-state index contributed by atoms with van der Waals surface area (Å²) in [5.74, 6) is -0.606. The normalized spacial score (nSPS) is 27.8. The zero-order chi connectivity index (χ0) is 9.84. The lowest BCUT2D eigenvalue weighted by Gasteiger charge is -2.12. The molecule has 0 aromatic rings. The Hall–Kier alpha value is -0.860. The van der Waals surface area contributed by atoms with Gasteiger partial charge in [-0.3, -0.25) is 9.59 Å². The van der Waals surface area contributed by atoms with Crippen LogP contribution in [0.4, 0.5) is 0 Å². The van der Waals surface area contributed by atoms with Gasteiger partial charge in [0.15, 0.2) is 0 Å². The van der Waals surface area contributed by atoms with Crippen LogP contribution in [0.15, 0.2) is 0 Å². The Bertz CT molecular complexity index is 191. The number of carbonyl (C=O) groups is 2. The Labute approximate surface area is 78.9 Å². The average Bonchev–Trinajstić information content (AvgIpc) is 2.33. The number of carbonyl (C=O) groups excluding carboxylic acids is 2. The predicted octanol–water partition coefficient (Wildman–Crippen LogP) is 1.49. The van der Waals surface area contributed by atoms with Gasteiger partial charge in [-0.1, -0.05) is 26.7 Å². The summed E-state index contributed by atoms with van der Waals surface area (Å²) in [6.45, 7) is 4.05. The van der Waals surface area contributed by atoms with E-state index < -0.39 is 0 Å². The molecule has 0 spiro atoms. The molecule has 2 unspecified atom stereocenters. The van der Waals surface area contributed by atoms with Crippen molar-refractivity contribution in [2.24, 2.45) is 11.8 Å². The summed E-state index contributed by atoms with van der Waals surface area (Å²) in [5.41, 5.74) is 0. The van der Waals surface area contributed by atoms with Crippen molar-refractivity contribution < 1.29 is 9.59 Å². The Balaban J connectivity index is 2.65. The van der Waals surface area contributed by atoms with Gasteiger partial charge in [-0.25, -0.2) is 0 Å². The van der Waals surface area contributed by atoms with Gasteiger partial charge in [0.05, 0.1) is 11.8 Å². The second-order valence-electron chi connectivity index (χ2n) is 3.58. The first-order chi connectivity index (χ1) is 6.20. The van der Waals surface area contributed by atoms with E-state index in [4.69, 9.17) is 0 Å². The van der Waals surface area contributed by atoms with Crippen LogP contribution in [0.3, 0.4) is 0 Å². The van der Waals surface area contributed by atoms with Crippen molar-refractivity contribution >= 4 is 11.8 Å². The highest BCUT2D eigenvalue weighted by atomic mass is 16.2. The monoisotopic (exact) mass is 182 g/mol. The van der Waals surface area contributed by atoms with Gasteiger partial charge >= 0.3 is 0 Å². The van der Waals surface area contributed by atoms with Crippen LogP contribution in [-0.4, -0.2) is 11.8 Å². The molecule has 0 aromatic heterocycles. The maximum absolute atomic E-state index is 11.3. The van der Waals surface area contributed by atoms with Gasteiger partial charge < -0.3 is 0 Å². The van der Waals surface area contributed by atoms with Crippen molar-refractivity contribution in [2.75, 3.05) is 0 Å². The van der Waals surface area contributed by atoms with Crippen molar-refractivity contribution in [2.45, 2.75) is 39.5 Å². The second kappa shape index (κ2) is 4.40. The van der Waals surface area contributed by atoms with Gasteiger partial charge in [0, 0.05) is 0 Å². The molecule has 1 rings (SSSR count). The van der Waals surface area contributed by atoms with Gasteiger partial charge in [-0.05, 0) is 12.8 Å². The largest absolute Gasteiger partial charge is 0.272 e. The fourth-order valence-electron chi connectivity index (χ4n) is 1.89. The minimum absolute atomic E-state index is 0.113. The van der Waals surface area contributed by atoms with Crippen molar-refractivity contribution in [1.82, 2.24) is 5.32 Å². The van der Waals surface area contributed by atoms with Crippen LogP contribution in [0.5, 0.6) is 0 Å². The quantitative estimate of drug-likeness (QED) is 0.618. The molecule has 1 heterocycles. The molecule has 0 N–H and O–H groups in total. The summed E-state index contributed by atoms with van der Waals surface area (Å²) in [6, 6.07) is 0. The number of amides is 2. The average molecular weight is 182 g/mol. The summed E-state index contributed by atoms with van der Waals surface area (Å²) in [5, 5.41) is 3.51. The summed E-state index contributed by atoms with van der Waals surface area (Å²) >= 11 is 0. The van der Waals surface area contributed by atoms with E-state index in [1.165, 1.54) is 0 Å². The third-order valence-electron chi connectivity index (χ3n) is 2.54. The first kappa shape index (κ1) is 10.2. The van der Waals surface area contributed by atoms with E-state index in [-0.39, 0.29) is 23.7 Å². The van der Waals surface area contributed by atoms with E-state index in [9.17, 15) is 9.59 Å². The molecule has 0 bridgehead atoms. The molecule has 0 saturated carbocycles. The SMILES string of the molecule is CCCC1C(=O)[N]C(=O)C1CCC. The molecule has 2 amide bonds. The number of hydrogen-bond acceptors (Lipinski definition) is 2. The molecule has 0 aromatic carbocycles. The molecular formula is C10H16NO2. The van der Waals surface area contributed by atoms with Gasteiger partial charge in [0.25, 0.3) is 11.8 Å². The third kappa shape index (κ3) is 2.08. The molecule has 3 heteroatoms. The fraction of sp³-hybridized carbons (Fsp3) is 0.800. The Morgan fingerprint density at radius 2 is 1.38 bits per heavy atom. The fourth-order valence-corrected chi connectivity index (χ4v) is 1.89. The van der Waals surface area contributed by atoms with E-state index in [0.29, 0.717) is 0 Å². The highest BCUT2D eigenvalue weighted by Gasteiger charge is 2.41. The van der Waals surface area contributed by atoms with Crippen molar-refractivity contribution in [3.63, 3.8) is 0 Å². The molecule has 1 saturated heterocycles. The topological polar surface area (TPSA) is 48.2 Å². The number of nitrogens with zero attached hydrogens (tertiary/aromatic N) is 1. The maximum atomic E-state index is 11.3. The van der Waals surface area contributed by atoms with Crippen LogP contribution in [-0.2, 0) is 9.59 Å². The van der Waals surface area contributed by atoms with Gasteiger partial charge in [0.1, 0.15) is 0 Å². The molecule has 73 valence electrons. The standard InChI is InChI=1S/C10H16NO2/c1-3-5-7-8(6-4-2)10(13)11-9(7)12/h7-8H,3-6H2,1-2H3. The molecule has 1 aliphatic heterocycles. The van der Waals surface area contributed by atoms with Crippen molar-refractivity contribution in [1.29, 1.82) is 0 Å². The third-order valence-corrected chi connectivity index (χ3v) is 2.54. The van der Waals surface area contributed by atoms with Crippen molar-refractivity contribution in [3.05, 3.63) is 0 Å². The van der Waals surface area contributed by atoms with E-state index in [1.54, 1.807) is 0 Å². The molecule has 13 heavy (non-hydrogen) atoms. The zero-order valence-electron chi connectivity index (χ0n) is 8.25. The Morgan fingerprint density at radius 3 is 1.69 bits per heavy atom. The Kier molecular flexibility index (Phi) is 3.46. The second-order valence-corrected chi connectivity index (χ2v) is 3.58. The molecule has 2 atom stereocenters. The van der Waals surface area contributed by atoms with Gasteiger partial charge in [-0.2, -0.15) is 5.32 Å². The first-order valence-electron chi connectivity index (χ1n) is 5.00. The summed E-state index contributed by atoms with van der Waals surface area (Å²) in [6.07, 6.45) is 3.50. The lowest BCUT2D eigenvalue weighted by atomic mass is 9.88. The van der Waals surface area contributed by atoms with Gasteiger partial charge in [-0.15, -0.1) is 0 Å². The first-order valence-corrected chi connectivity index (χ1v) is 5.00. The summed E-state index contributed by atoms with van der Waals surface area (Å²) in [4.78, 5) is 22.5. The zero-order valence-corrected chi connectivity index (χ0v) is 8.25. The van der Waals surface area contributed by atoms with Crippen LogP contribution in [0.25, 0.3) is 0 Å². The summed E-state index contributed by atoms with van der Waals surface area (Å²) < 4.78 is 0. The molecule has 3 nitrogen and oxygen atoms in total. The lowest BCUT2D eigenvalue weighted by Crippen LogP contribution is -2.17. The minimum atomic E-state index is -0.190. The van der Waals surface area contributed by atoms with Crippen LogP contribution in [0.1, 0.15) is 39.5 Å². The smallest absolute Gasteiger partial charge is 0.252 e. The van der Waals surface area contributed by atoms with Gasteiger partial charge in [0.2, 0.25) is 0 Å². The predicted molar refractivity (Wildman–Crippen MR) is 48.9 cm³/mol. The van der Waals surface area contributed by atoms with E-state index in [2.05, 4.69) is 5.32 Å². The Morgan fingerprint density at radius 1 is 1.00 bits per heavy atom. The van der Waals surface area contributed by atoms with Crippen LogP contribution >= 0.6 is 0 Å². The van der Waals surface area contributed by atoms with E-state index in [0.717, 1.165) is 25.7 Å². The molecule has 0 aliphatic carbocycles. The van der Waals surface area contributed by atoms with Crippen LogP contribution in [0, 0.1) is 11.8 Å². The minimum Gasteiger partial charge on any atom is -0.272 e. The number of rotatable bonds is 4. The lowest BCUT2D eigenvalue weighted by molar-refractivity contribution is -0.126. The number of hydrogen-bond donors (Lipinski definition) is 0. The maximum Gasteiger partial charge on any atom is 0.252 e. The summed E-state index contributed by atoms with van der Waals surface area (Å²) in [7, 11) is 0. The van der Waals surface area contributed by atoms with E-state index >= 15 is 0 Å². The van der Waals surface area contributed by atoms with Crippen molar-refractivity contribution in [3.8, 4) is 0 Å². The molecular weight excluding hydrogens is 166 g/mol. The highest BCUT2D eigenvalue weighted by molar-refractivity contribution is 6.04. The van der Waals surface area contributed by atoms with Crippen LogP contribution in [0.2, 0.25) is 0 Å². The molecule has 1 fully saturated rings. The highest BCUT2D eigenvalue weighted by Crippen LogP contribution is 2.28. The number of imide groups is 1. The molecule has 1 aliphatic rings. The molecule has 1 radical (unpaired) electrons.